The van der Waals surface area contributed by atoms with Crippen LogP contribution in [0.4, 0.5) is 0 Å². The van der Waals surface area contributed by atoms with Crippen LogP contribution in [-0.4, -0.2) is 114 Å². The van der Waals surface area contributed by atoms with E-state index in [1.54, 1.807) is 0 Å². The van der Waals surface area contributed by atoms with E-state index in [1.165, 1.54) is 24.3 Å². The van der Waals surface area contributed by atoms with Crippen molar-refractivity contribution in [1.29, 1.82) is 0 Å². The summed E-state index contributed by atoms with van der Waals surface area (Å²) in [6.45, 7) is -3.36. The molecule has 18 nitrogen and oxygen atoms in total. The van der Waals surface area contributed by atoms with E-state index in [0.29, 0.717) is 16.0 Å². The minimum Gasteiger partial charge on any atom is -0.550 e. The van der Waals surface area contributed by atoms with Crippen molar-refractivity contribution in [2.45, 2.75) is 64.9 Å². The fraction of sp³-hybridized carbons (Fsp3) is 0.467. The van der Waals surface area contributed by atoms with Crippen LogP contribution in [0.25, 0.3) is 0 Å². The first-order valence-corrected chi connectivity index (χ1v) is 14.3. The third-order valence-corrected chi connectivity index (χ3v) is 7.34. The number of carbonyl (C=O) groups is 3. The molecule has 0 fully saturated rings. The molecule has 0 heterocycles. The van der Waals surface area contributed by atoms with Gasteiger partial charge in [0.05, 0.1) is 50.5 Å². The molecule has 18 heteroatoms. The number of carboxylic acid groups (broad SMARTS) is 3. The van der Waals surface area contributed by atoms with Crippen LogP contribution in [0.2, 0.25) is 0 Å². The Morgan fingerprint density at radius 3 is 1.69 bits per heavy atom. The molecule has 12 N–H and O–H groups in total. The van der Waals surface area contributed by atoms with Crippen molar-refractivity contribution >= 4 is 24.1 Å². The summed E-state index contributed by atoms with van der Waals surface area (Å²) in [6, 6.07) is 3.39. The summed E-state index contributed by atoms with van der Waals surface area (Å²) >= 11 is 0. The maximum Gasteiger partial charge on any atom is 0.373 e. The highest BCUT2D eigenvalue weighted by Crippen LogP contribution is 2.25. The Kier molecular flexibility index (Phi) is 20.8. The number of aliphatic hydroxyl groups is 6. The number of benzene rings is 2. The summed E-state index contributed by atoms with van der Waals surface area (Å²) < 4.78 is 0. The second-order valence-corrected chi connectivity index (χ2v) is 10.4. The molecule has 0 saturated carbocycles. The van der Waals surface area contributed by atoms with Crippen LogP contribution in [-0.2, 0) is 63.5 Å². The van der Waals surface area contributed by atoms with Gasteiger partial charge in [-0.25, -0.2) is 4.79 Å². The molecule has 0 aromatic heterocycles. The number of phenols is 2. The van der Waals surface area contributed by atoms with Crippen LogP contribution in [0, 0.1) is 0 Å². The Labute approximate surface area is 274 Å². The number of carbonyl (C=O) groups excluding carboxylic acids is 3. The number of rotatable bonds is 18. The van der Waals surface area contributed by atoms with Gasteiger partial charge in [0.25, 0.3) is 0 Å². The van der Waals surface area contributed by atoms with Gasteiger partial charge in [-0.05, 0) is 41.3 Å². The topological polar surface area (TPSA) is 320 Å². The van der Waals surface area contributed by atoms with Gasteiger partial charge in [0, 0.05) is 5.97 Å². The second kappa shape index (κ2) is 22.9. The molecule has 0 radical (unpaired) electrons. The number of aromatic hydroxyl groups is 2. The van der Waals surface area contributed by atoms with E-state index < -0.39 is 76.2 Å². The van der Waals surface area contributed by atoms with Gasteiger partial charge in [-0.2, -0.15) is 9.59 Å². The van der Waals surface area contributed by atoms with Gasteiger partial charge >= 0.3 is 18.1 Å². The fourth-order valence-corrected chi connectivity index (χ4v) is 5.21. The van der Waals surface area contributed by atoms with Crippen LogP contribution < -0.4 is 14.9 Å². The number of phenolic OH excluding ortho intramolecular Hbond substituents is 2. The smallest absolute Gasteiger partial charge is 0.373 e. The van der Waals surface area contributed by atoms with Crippen LogP contribution >= 0.6 is 0 Å². The molecule has 2 aromatic carbocycles. The summed E-state index contributed by atoms with van der Waals surface area (Å²) in [4.78, 5) is 49.0. The number of hydrogen-bond donors (Lipinski definition) is 12. The molecule has 48 heavy (non-hydrogen) atoms. The Balaban J connectivity index is 0.00000287. The van der Waals surface area contributed by atoms with Crippen LogP contribution in [0.3, 0.4) is 0 Å². The first-order chi connectivity index (χ1) is 22.7. The molecule has 3 unspecified atom stereocenters. The predicted molar refractivity (Wildman–Crippen MR) is 156 cm³/mol. The first kappa shape index (κ1) is 43.5. The van der Waals surface area contributed by atoms with E-state index in [0.717, 1.165) is 6.92 Å². The third kappa shape index (κ3) is 14.1. The van der Waals surface area contributed by atoms with Crippen LogP contribution in [0.1, 0.15) is 46.7 Å². The molecular weight excluding hydrogens is 644 g/mol. The molecule has 0 bridgehead atoms. The number of carboxylic acids is 3. The Hall–Kier alpha value is -4.49. The molecule has 0 spiro atoms. The monoisotopic (exact) mass is 687 g/mol. The second-order valence-electron chi connectivity index (χ2n) is 10.4. The van der Waals surface area contributed by atoms with Crippen LogP contribution in [0.15, 0.2) is 24.3 Å². The number of nitrogens with one attached hydrogen (secondary N) is 2. The van der Waals surface area contributed by atoms with Crippen molar-refractivity contribution in [1.82, 2.24) is 0 Å². The molecule has 2 aromatic rings. The average molecular weight is 688 g/mol. The summed E-state index contributed by atoms with van der Waals surface area (Å²) in [5.74, 6) is -4.07. The minimum absolute atomic E-state index is 0.122. The molecule has 4 atom stereocenters. The molecule has 0 saturated heterocycles. The Morgan fingerprint density at radius 1 is 0.729 bits per heavy atom. The van der Waals surface area contributed by atoms with Gasteiger partial charge in [-0.1, -0.05) is 12.1 Å². The lowest BCUT2D eigenvalue weighted by molar-refractivity contribution is -1.00. The highest BCUT2D eigenvalue weighted by molar-refractivity contribution is 5.67. The van der Waals surface area contributed by atoms with Crippen molar-refractivity contribution in [3.05, 3.63) is 57.6 Å². The lowest BCUT2D eigenvalue weighted by Gasteiger charge is -2.36. The molecule has 0 aliphatic carbocycles. The van der Waals surface area contributed by atoms with E-state index in [2.05, 4.69) is 0 Å². The van der Waals surface area contributed by atoms with E-state index >= 15 is 0 Å². The Morgan fingerprint density at radius 2 is 1.25 bits per heavy atom. The van der Waals surface area contributed by atoms with Gasteiger partial charge in [0.1, 0.15) is 37.8 Å². The highest BCUT2D eigenvalue weighted by Gasteiger charge is 2.40. The summed E-state index contributed by atoms with van der Waals surface area (Å²) in [5, 5.41) is 109. The predicted octanol–water partition coefficient (Wildman–Crippen LogP) is -6.01. The van der Waals surface area contributed by atoms with Gasteiger partial charge < -0.3 is 70.8 Å². The zero-order valence-electron chi connectivity index (χ0n) is 26.2. The number of hydrogen-bond acceptors (Lipinski definition) is 14. The van der Waals surface area contributed by atoms with Crippen molar-refractivity contribution in [3.8, 4) is 11.5 Å². The largest absolute Gasteiger partial charge is 0.550 e. The molecule has 0 aliphatic heterocycles. The standard InChI is InChI=1S/C27H38N2O12.C2H4O2.CO2/c30-10-16-5-18(12-32)19(25(37)6-16)7-29(9-27(40)41)23(15-35)22(14-34)28(4-3-26(38)39)8-20-21(13-33)17(11-31)1-2-24(20)36;1-2(3)4;2-1-3/h1-2,5-6,22-23,30-37H,3-4,7-15H2,(H,38,39)(H,40,41);1H3,(H,3,4);/p+1/t22?,23-;;/m1../s1. The molecule has 2 rings (SSSR count). The van der Waals surface area contributed by atoms with E-state index in [-0.39, 0.29) is 70.9 Å². The maximum atomic E-state index is 11.9. The Bertz CT molecular complexity index is 1360. The number of aliphatic carboxylic acids is 3. The van der Waals surface area contributed by atoms with E-state index in [9.17, 15) is 60.7 Å². The molecule has 268 valence electrons. The molecule has 0 aliphatic rings. The van der Waals surface area contributed by atoms with E-state index in [4.69, 9.17) is 19.5 Å². The van der Waals surface area contributed by atoms with Crippen molar-refractivity contribution in [2.75, 3.05) is 26.3 Å². The summed E-state index contributed by atoms with van der Waals surface area (Å²) in [7, 11) is 0. The average Bonchev–Trinajstić information content (AvgIpc) is 3.02. The first-order valence-electron chi connectivity index (χ1n) is 14.3. The number of quaternary nitrogens is 2. The van der Waals surface area contributed by atoms with Crippen molar-refractivity contribution in [2.24, 2.45) is 0 Å². The van der Waals surface area contributed by atoms with Crippen molar-refractivity contribution < 1.29 is 89.9 Å². The SMILES string of the molecule is CC(=O)[O-].O=C(O)CC[NH+](Cc1c(O)ccc(CO)c1CO)C(CO)[C@@H](CO)[NH+](CC(=O)O)Cc1c(O)cc(CO)cc1CO.O=C=O. The van der Waals surface area contributed by atoms with Gasteiger partial charge in [-0.15, -0.1) is 0 Å². The van der Waals surface area contributed by atoms with Gasteiger partial charge in [0.2, 0.25) is 0 Å². The van der Waals surface area contributed by atoms with Gasteiger partial charge in [0.15, 0.2) is 18.6 Å². The quantitative estimate of drug-likeness (QED) is 0.0694. The zero-order valence-corrected chi connectivity index (χ0v) is 26.2. The zero-order chi connectivity index (χ0) is 37.0. The lowest BCUT2D eigenvalue weighted by atomic mass is 9.97. The van der Waals surface area contributed by atoms with Gasteiger partial charge in [-0.3, -0.25) is 4.79 Å². The third-order valence-electron chi connectivity index (χ3n) is 7.34. The highest BCUT2D eigenvalue weighted by atomic mass is 16.4. The summed E-state index contributed by atoms with van der Waals surface area (Å²) in [5.41, 5.74) is 1.44. The lowest BCUT2D eigenvalue weighted by Crippen LogP contribution is -3.26. The maximum absolute atomic E-state index is 11.9. The van der Waals surface area contributed by atoms with Crippen LogP contribution in [0.5, 0.6) is 11.5 Å². The molecule has 0 amide bonds. The summed E-state index contributed by atoms with van der Waals surface area (Å²) in [6.07, 6.45) is -0.134. The fourth-order valence-electron chi connectivity index (χ4n) is 5.21. The number of aliphatic hydroxyl groups excluding tert-OH is 6. The normalized spacial score (nSPS) is 13.0. The van der Waals surface area contributed by atoms with E-state index in [1.807, 2.05) is 0 Å². The van der Waals surface area contributed by atoms with Crippen molar-refractivity contribution in [3.63, 3.8) is 0 Å². The minimum atomic E-state index is -1.27. The molecular formula is C30H43N2O16+.